The molecule has 0 aromatic carbocycles. The fourth-order valence-corrected chi connectivity index (χ4v) is 2.28. The third-order valence-electron chi connectivity index (χ3n) is 2.72. The molecule has 0 saturated carbocycles. The molecule has 0 spiro atoms. The van der Waals surface area contributed by atoms with Gasteiger partial charge in [-0.3, -0.25) is 4.68 Å². The summed E-state index contributed by atoms with van der Waals surface area (Å²) in [6.45, 7) is 4.95. The van der Waals surface area contributed by atoms with E-state index in [2.05, 4.69) is 39.9 Å². The molecule has 6 heteroatoms. The molecule has 2 aromatic heterocycles. The molecule has 0 unspecified atom stereocenters. The van der Waals surface area contributed by atoms with E-state index in [4.69, 9.17) is 0 Å². The summed E-state index contributed by atoms with van der Waals surface area (Å²) < 4.78 is 5.98. The Labute approximate surface area is 105 Å². The molecule has 2 aromatic rings. The average Bonchev–Trinajstić information content (AvgIpc) is 2.95. The highest BCUT2D eigenvalue weighted by Gasteiger charge is 2.11. The molecule has 0 bridgehead atoms. The predicted molar refractivity (Wildman–Crippen MR) is 69.5 cm³/mol. The Morgan fingerprint density at radius 1 is 1.35 bits per heavy atom. The second-order valence-electron chi connectivity index (χ2n) is 3.79. The van der Waals surface area contributed by atoms with Crippen LogP contribution in [0.4, 0.5) is 5.00 Å². The van der Waals surface area contributed by atoms with Crippen molar-refractivity contribution < 1.29 is 0 Å². The molecule has 0 fully saturated rings. The van der Waals surface area contributed by atoms with E-state index in [1.807, 2.05) is 11.7 Å². The van der Waals surface area contributed by atoms with E-state index in [0.29, 0.717) is 6.54 Å². The van der Waals surface area contributed by atoms with Gasteiger partial charge in [-0.05, 0) is 18.9 Å². The Kier molecular flexibility index (Phi) is 3.73. The summed E-state index contributed by atoms with van der Waals surface area (Å²) in [6, 6.07) is 2.17. The Balaban J connectivity index is 2.25. The molecule has 0 amide bonds. The summed E-state index contributed by atoms with van der Waals surface area (Å²) in [5.74, 6) is 0. The van der Waals surface area contributed by atoms with Crippen LogP contribution in [0.5, 0.6) is 0 Å². The van der Waals surface area contributed by atoms with Crippen LogP contribution in [0.3, 0.4) is 0 Å². The van der Waals surface area contributed by atoms with Crippen LogP contribution < -0.4 is 5.32 Å². The zero-order valence-electron chi connectivity index (χ0n) is 10.4. The van der Waals surface area contributed by atoms with Crippen LogP contribution in [-0.2, 0) is 19.4 Å². The highest BCUT2D eigenvalue weighted by atomic mass is 32.1. The van der Waals surface area contributed by atoms with Crippen LogP contribution in [-0.4, -0.2) is 26.4 Å². The number of anilines is 1. The number of nitrogens with one attached hydrogen (secondary N) is 1. The molecular weight excluding hydrogens is 234 g/mol. The number of hydrogen-bond donors (Lipinski definition) is 1. The summed E-state index contributed by atoms with van der Waals surface area (Å²) in [6.07, 6.45) is 1.95. The maximum atomic E-state index is 4.58. The number of rotatable bonds is 5. The first-order valence-electron chi connectivity index (χ1n) is 5.83. The summed E-state index contributed by atoms with van der Waals surface area (Å²) in [5, 5.41) is 12.8. The fourth-order valence-electron chi connectivity index (χ4n) is 1.75. The molecular formula is C11H17N5S. The monoisotopic (exact) mass is 251 g/mol. The zero-order valence-corrected chi connectivity index (χ0v) is 11.2. The van der Waals surface area contributed by atoms with Crippen LogP contribution in [0.2, 0.25) is 0 Å². The summed E-state index contributed by atoms with van der Waals surface area (Å²) in [5.41, 5.74) is 3.34. The first kappa shape index (κ1) is 12.0. The van der Waals surface area contributed by atoms with Crippen molar-refractivity contribution in [2.75, 3.05) is 12.4 Å². The van der Waals surface area contributed by atoms with E-state index in [-0.39, 0.29) is 0 Å². The highest BCUT2D eigenvalue weighted by molar-refractivity contribution is 7.10. The molecule has 1 N–H and O–H groups in total. The lowest BCUT2D eigenvalue weighted by atomic mass is 10.2. The van der Waals surface area contributed by atoms with Crippen molar-refractivity contribution in [2.24, 2.45) is 0 Å². The van der Waals surface area contributed by atoms with Crippen molar-refractivity contribution in [2.45, 2.75) is 33.2 Å². The molecule has 0 atom stereocenters. The van der Waals surface area contributed by atoms with Crippen molar-refractivity contribution in [1.29, 1.82) is 0 Å². The normalized spacial score (nSPS) is 10.8. The van der Waals surface area contributed by atoms with E-state index in [0.717, 1.165) is 29.2 Å². The Hall–Kier alpha value is -1.43. The number of aromatic nitrogens is 4. The van der Waals surface area contributed by atoms with E-state index in [9.17, 15) is 0 Å². The molecule has 0 radical (unpaired) electrons. The van der Waals surface area contributed by atoms with Gasteiger partial charge in [0.15, 0.2) is 0 Å². The van der Waals surface area contributed by atoms with Crippen molar-refractivity contribution in [1.82, 2.24) is 19.4 Å². The first-order chi connectivity index (χ1) is 8.28. The largest absolute Gasteiger partial charge is 0.377 e. The molecule has 0 saturated heterocycles. The van der Waals surface area contributed by atoms with Gasteiger partial charge in [-0.15, -0.1) is 5.10 Å². The van der Waals surface area contributed by atoms with Gasteiger partial charge >= 0.3 is 0 Å². The maximum Gasteiger partial charge on any atom is 0.135 e. The van der Waals surface area contributed by atoms with Gasteiger partial charge in [0, 0.05) is 24.3 Å². The molecule has 0 aliphatic heterocycles. The summed E-state index contributed by atoms with van der Waals surface area (Å²) in [7, 11) is 1.89. The second-order valence-corrected chi connectivity index (χ2v) is 4.54. The van der Waals surface area contributed by atoms with Gasteiger partial charge in [0.1, 0.15) is 10.7 Å². The number of hydrogen-bond acceptors (Lipinski definition) is 5. The minimum absolute atomic E-state index is 0.690. The van der Waals surface area contributed by atoms with Gasteiger partial charge in [0.05, 0.1) is 12.2 Å². The molecule has 92 valence electrons. The third kappa shape index (κ3) is 2.46. The minimum atomic E-state index is 0.690. The SMILES string of the molecule is CCc1cc(CC)n(Cc2nnsc2NC)n1. The Bertz CT molecular complexity index is 488. The summed E-state index contributed by atoms with van der Waals surface area (Å²) >= 11 is 1.38. The Morgan fingerprint density at radius 2 is 2.18 bits per heavy atom. The lowest BCUT2D eigenvalue weighted by molar-refractivity contribution is 0.629. The van der Waals surface area contributed by atoms with E-state index in [1.165, 1.54) is 17.2 Å². The predicted octanol–water partition coefficient (Wildman–Crippen LogP) is 1.95. The van der Waals surface area contributed by atoms with Crippen molar-refractivity contribution in [3.05, 3.63) is 23.1 Å². The Morgan fingerprint density at radius 3 is 2.82 bits per heavy atom. The van der Waals surface area contributed by atoms with Gasteiger partial charge < -0.3 is 5.32 Å². The maximum absolute atomic E-state index is 4.58. The van der Waals surface area contributed by atoms with Crippen LogP contribution in [0.15, 0.2) is 6.07 Å². The molecule has 2 heterocycles. The minimum Gasteiger partial charge on any atom is -0.377 e. The van der Waals surface area contributed by atoms with Gasteiger partial charge in [-0.25, -0.2) is 0 Å². The number of nitrogens with zero attached hydrogens (tertiary/aromatic N) is 4. The standard InChI is InChI=1S/C11H17N5S/c1-4-8-6-9(5-2)16(14-8)7-10-11(12-3)17-15-13-10/h6,12H,4-5,7H2,1-3H3. The topological polar surface area (TPSA) is 55.6 Å². The van der Waals surface area contributed by atoms with Gasteiger partial charge in [-0.1, -0.05) is 18.3 Å². The van der Waals surface area contributed by atoms with E-state index >= 15 is 0 Å². The molecule has 0 aliphatic rings. The van der Waals surface area contributed by atoms with Crippen LogP contribution >= 0.6 is 11.5 Å². The van der Waals surface area contributed by atoms with Crippen LogP contribution in [0.1, 0.15) is 30.9 Å². The second kappa shape index (κ2) is 5.27. The smallest absolute Gasteiger partial charge is 0.135 e. The zero-order chi connectivity index (χ0) is 12.3. The lowest BCUT2D eigenvalue weighted by Crippen LogP contribution is -2.07. The van der Waals surface area contributed by atoms with Crippen molar-refractivity contribution in [3.63, 3.8) is 0 Å². The molecule has 5 nitrogen and oxygen atoms in total. The van der Waals surface area contributed by atoms with Gasteiger partial charge in [-0.2, -0.15) is 5.10 Å². The van der Waals surface area contributed by atoms with Crippen molar-refractivity contribution in [3.8, 4) is 0 Å². The fraction of sp³-hybridized carbons (Fsp3) is 0.545. The van der Waals surface area contributed by atoms with Crippen LogP contribution in [0, 0.1) is 0 Å². The van der Waals surface area contributed by atoms with Crippen molar-refractivity contribution >= 4 is 16.5 Å². The van der Waals surface area contributed by atoms with Crippen LogP contribution in [0.25, 0.3) is 0 Å². The quantitative estimate of drug-likeness (QED) is 0.882. The first-order valence-corrected chi connectivity index (χ1v) is 6.60. The molecule has 17 heavy (non-hydrogen) atoms. The van der Waals surface area contributed by atoms with E-state index in [1.54, 1.807) is 0 Å². The lowest BCUT2D eigenvalue weighted by Gasteiger charge is -2.04. The van der Waals surface area contributed by atoms with Gasteiger partial charge in [0.2, 0.25) is 0 Å². The molecule has 0 aliphatic carbocycles. The molecule has 2 rings (SSSR count). The van der Waals surface area contributed by atoms with Gasteiger partial charge in [0.25, 0.3) is 0 Å². The summed E-state index contributed by atoms with van der Waals surface area (Å²) in [4.78, 5) is 0. The van der Waals surface area contributed by atoms with E-state index < -0.39 is 0 Å². The number of aryl methyl sites for hydroxylation is 2. The highest BCUT2D eigenvalue weighted by Crippen LogP contribution is 2.18. The average molecular weight is 251 g/mol. The third-order valence-corrected chi connectivity index (χ3v) is 3.51.